The number of hydrogen-bond donors (Lipinski definition) is 1. The highest BCUT2D eigenvalue weighted by atomic mass is 32.2. The van der Waals surface area contributed by atoms with Crippen molar-refractivity contribution in [3.8, 4) is 0 Å². The maximum Gasteiger partial charge on any atom is 0.230 e. The number of hydrogen-bond acceptors (Lipinski definition) is 5. The van der Waals surface area contributed by atoms with E-state index in [4.69, 9.17) is 4.42 Å². The van der Waals surface area contributed by atoms with Gasteiger partial charge in [-0.25, -0.2) is 0 Å². The Hall–Kier alpha value is -2.48. The van der Waals surface area contributed by atoms with Gasteiger partial charge < -0.3 is 18.9 Å². The number of aromatic nitrogens is 4. The van der Waals surface area contributed by atoms with Crippen molar-refractivity contribution in [2.45, 2.75) is 18.1 Å². The van der Waals surface area contributed by atoms with E-state index in [-0.39, 0.29) is 11.7 Å². The summed E-state index contributed by atoms with van der Waals surface area (Å²) in [7, 11) is 3.92. The largest absolute Gasteiger partial charge is 0.467 e. The van der Waals surface area contributed by atoms with E-state index in [0.717, 1.165) is 16.7 Å². The van der Waals surface area contributed by atoms with Crippen LogP contribution in [0.15, 0.2) is 46.3 Å². The predicted molar refractivity (Wildman–Crippen MR) is 90.5 cm³/mol. The van der Waals surface area contributed by atoms with E-state index in [1.807, 2.05) is 37.0 Å². The maximum absolute atomic E-state index is 11.9. The lowest BCUT2D eigenvalue weighted by atomic mass is 10.3. The van der Waals surface area contributed by atoms with Gasteiger partial charge in [-0.05, 0) is 24.3 Å². The van der Waals surface area contributed by atoms with E-state index in [1.54, 1.807) is 12.3 Å². The molecular weight excluding hydrogens is 326 g/mol. The van der Waals surface area contributed by atoms with Crippen molar-refractivity contribution in [2.75, 3.05) is 5.75 Å². The third kappa shape index (κ3) is 3.88. The van der Waals surface area contributed by atoms with Crippen LogP contribution < -0.4 is 5.32 Å². The number of furan rings is 1. The third-order valence-corrected chi connectivity index (χ3v) is 4.71. The average molecular weight is 345 g/mol. The van der Waals surface area contributed by atoms with Crippen LogP contribution in [0.5, 0.6) is 0 Å². The molecule has 0 spiro atoms. The fourth-order valence-corrected chi connectivity index (χ4v) is 3.01. The van der Waals surface area contributed by atoms with E-state index >= 15 is 0 Å². The molecule has 0 atom stereocenters. The Morgan fingerprint density at radius 3 is 2.88 bits per heavy atom. The van der Waals surface area contributed by atoms with E-state index in [9.17, 15) is 4.79 Å². The molecular formula is C16H19N5O2S. The highest BCUT2D eigenvalue weighted by Crippen LogP contribution is 2.17. The third-order valence-electron chi connectivity index (χ3n) is 3.69. The first kappa shape index (κ1) is 16.4. The number of carbonyl (C=O) groups excluding carboxylic acids is 1. The minimum Gasteiger partial charge on any atom is -0.467 e. The van der Waals surface area contributed by atoms with E-state index in [2.05, 4.69) is 26.1 Å². The minimum absolute atomic E-state index is 0.0663. The van der Waals surface area contributed by atoms with Crippen LogP contribution in [-0.2, 0) is 31.9 Å². The van der Waals surface area contributed by atoms with Crippen LogP contribution >= 0.6 is 11.8 Å². The fraction of sp³-hybridized carbons (Fsp3) is 0.312. The van der Waals surface area contributed by atoms with Crippen LogP contribution in [-0.4, -0.2) is 31.0 Å². The monoisotopic (exact) mass is 345 g/mol. The second-order valence-corrected chi connectivity index (χ2v) is 6.33. The van der Waals surface area contributed by atoms with Crippen LogP contribution in [0, 0.1) is 0 Å². The van der Waals surface area contributed by atoms with Crippen molar-refractivity contribution in [2.24, 2.45) is 14.1 Å². The Bertz CT molecular complexity index is 806. The lowest BCUT2D eigenvalue weighted by molar-refractivity contribution is -0.118. The highest BCUT2D eigenvalue weighted by molar-refractivity contribution is 7.99. The molecule has 0 aliphatic rings. The molecule has 0 bridgehead atoms. The molecule has 0 unspecified atom stereocenters. The highest BCUT2D eigenvalue weighted by Gasteiger charge is 2.13. The van der Waals surface area contributed by atoms with Gasteiger partial charge in [0.15, 0.2) is 5.16 Å². The molecule has 1 amide bonds. The quantitative estimate of drug-likeness (QED) is 0.660. The molecule has 0 saturated heterocycles. The first-order valence-electron chi connectivity index (χ1n) is 7.54. The molecule has 0 saturated carbocycles. The summed E-state index contributed by atoms with van der Waals surface area (Å²) in [6, 6.07) is 7.68. The second-order valence-electron chi connectivity index (χ2n) is 5.39. The summed E-state index contributed by atoms with van der Waals surface area (Å²) in [5.74, 6) is 1.83. The van der Waals surface area contributed by atoms with E-state index < -0.39 is 0 Å². The van der Waals surface area contributed by atoms with Gasteiger partial charge in [0.1, 0.15) is 11.6 Å². The topological polar surface area (TPSA) is 77.9 Å². The van der Waals surface area contributed by atoms with Crippen molar-refractivity contribution in [3.05, 3.63) is 54.0 Å². The standard InChI is InChI=1S/C16H19N5O2S/c1-20-7-3-5-12(20)9-14-18-19-16(21(14)2)24-11-15(22)17-10-13-6-4-8-23-13/h3-8H,9-11H2,1-2H3,(H,17,22). The molecule has 24 heavy (non-hydrogen) atoms. The first-order chi connectivity index (χ1) is 11.6. The molecule has 0 aromatic carbocycles. The molecule has 7 nitrogen and oxygen atoms in total. The van der Waals surface area contributed by atoms with Gasteiger partial charge in [0.25, 0.3) is 0 Å². The number of nitrogens with one attached hydrogen (secondary N) is 1. The number of aryl methyl sites for hydroxylation is 1. The van der Waals surface area contributed by atoms with Gasteiger partial charge in [-0.1, -0.05) is 11.8 Å². The van der Waals surface area contributed by atoms with Gasteiger partial charge in [0.2, 0.25) is 5.91 Å². The zero-order valence-corrected chi connectivity index (χ0v) is 14.4. The van der Waals surface area contributed by atoms with Crippen molar-refractivity contribution in [1.82, 2.24) is 24.6 Å². The SMILES string of the molecule is Cn1cccc1Cc1nnc(SCC(=O)NCc2ccco2)n1C. The van der Waals surface area contributed by atoms with Gasteiger partial charge in [-0.2, -0.15) is 0 Å². The van der Waals surface area contributed by atoms with Gasteiger partial charge in [-0.3, -0.25) is 4.79 Å². The van der Waals surface area contributed by atoms with Crippen LogP contribution in [0.3, 0.4) is 0 Å². The smallest absolute Gasteiger partial charge is 0.230 e. The van der Waals surface area contributed by atoms with Crippen molar-refractivity contribution in [3.63, 3.8) is 0 Å². The van der Waals surface area contributed by atoms with Gasteiger partial charge in [-0.15, -0.1) is 10.2 Å². The summed E-state index contributed by atoms with van der Waals surface area (Å²) < 4.78 is 9.17. The lowest BCUT2D eigenvalue weighted by Gasteiger charge is -2.05. The Kier molecular flexibility index (Phi) is 5.05. The zero-order chi connectivity index (χ0) is 16.9. The number of rotatable bonds is 7. The molecule has 0 aliphatic heterocycles. The number of amides is 1. The molecule has 8 heteroatoms. The Morgan fingerprint density at radius 2 is 2.17 bits per heavy atom. The van der Waals surface area contributed by atoms with Crippen molar-refractivity contribution >= 4 is 17.7 Å². The molecule has 3 rings (SSSR count). The summed E-state index contributed by atoms with van der Waals surface area (Å²) in [6.45, 7) is 0.393. The summed E-state index contributed by atoms with van der Waals surface area (Å²) in [6.07, 6.45) is 4.30. The van der Waals surface area contributed by atoms with E-state index in [1.165, 1.54) is 17.5 Å². The van der Waals surface area contributed by atoms with Crippen LogP contribution in [0.4, 0.5) is 0 Å². The fourth-order valence-electron chi connectivity index (χ4n) is 2.25. The normalized spacial score (nSPS) is 10.9. The molecule has 3 aromatic rings. The Labute approximate surface area is 144 Å². The van der Waals surface area contributed by atoms with Crippen LogP contribution in [0.1, 0.15) is 17.3 Å². The first-order valence-corrected chi connectivity index (χ1v) is 8.52. The van der Waals surface area contributed by atoms with Crippen molar-refractivity contribution in [1.29, 1.82) is 0 Å². The van der Waals surface area contributed by atoms with Gasteiger partial charge >= 0.3 is 0 Å². The van der Waals surface area contributed by atoms with Crippen molar-refractivity contribution < 1.29 is 9.21 Å². The molecule has 3 heterocycles. The predicted octanol–water partition coefficient (Wildman–Crippen LogP) is 1.75. The lowest BCUT2D eigenvalue weighted by Crippen LogP contribution is -2.24. The second kappa shape index (κ2) is 7.39. The number of thioether (sulfide) groups is 1. The van der Waals surface area contributed by atoms with Crippen LogP contribution in [0.2, 0.25) is 0 Å². The minimum atomic E-state index is -0.0663. The van der Waals surface area contributed by atoms with Gasteiger partial charge in [0, 0.05) is 32.4 Å². The summed E-state index contributed by atoms with van der Waals surface area (Å²) in [5.41, 5.74) is 1.17. The molecule has 1 N–H and O–H groups in total. The van der Waals surface area contributed by atoms with Crippen LogP contribution in [0.25, 0.3) is 0 Å². The maximum atomic E-state index is 11.9. The molecule has 3 aromatic heterocycles. The van der Waals surface area contributed by atoms with E-state index in [0.29, 0.717) is 13.0 Å². The Morgan fingerprint density at radius 1 is 1.29 bits per heavy atom. The zero-order valence-electron chi connectivity index (χ0n) is 13.6. The number of nitrogens with zero attached hydrogens (tertiary/aromatic N) is 4. The summed E-state index contributed by atoms with van der Waals surface area (Å²) in [4.78, 5) is 11.9. The molecule has 0 fully saturated rings. The van der Waals surface area contributed by atoms with Gasteiger partial charge in [0.05, 0.1) is 18.6 Å². The molecule has 0 radical (unpaired) electrons. The average Bonchev–Trinajstić information content (AvgIpc) is 3.29. The molecule has 126 valence electrons. The Balaban J connectivity index is 1.52. The summed E-state index contributed by atoms with van der Waals surface area (Å²) >= 11 is 1.37. The summed E-state index contributed by atoms with van der Waals surface area (Å²) in [5, 5.41) is 11.9. The molecule has 0 aliphatic carbocycles. The number of carbonyl (C=O) groups is 1.